The Labute approximate surface area is 106 Å². The van der Waals surface area contributed by atoms with E-state index in [1.165, 1.54) is 11.5 Å². The average molecular weight is 251 g/mol. The van der Waals surface area contributed by atoms with E-state index in [-0.39, 0.29) is 0 Å². The van der Waals surface area contributed by atoms with Crippen LogP contribution in [-0.4, -0.2) is 47.8 Å². The Morgan fingerprint density at radius 1 is 1.29 bits per heavy atom. The van der Waals surface area contributed by atoms with Gasteiger partial charge in [-0.2, -0.15) is 11.8 Å². The molecule has 0 aliphatic carbocycles. The van der Waals surface area contributed by atoms with Crippen LogP contribution in [-0.2, 0) is 4.74 Å². The summed E-state index contributed by atoms with van der Waals surface area (Å²) in [6.07, 6.45) is 2.79. The second-order valence-electron chi connectivity index (χ2n) is 4.46. The third-order valence-electron chi connectivity index (χ3n) is 3.36. The Hall–Kier alpha value is -0.810. The minimum absolute atomic E-state index is 0.468. The molecule has 1 atom stereocenters. The monoisotopic (exact) mass is 251 g/mol. The molecule has 0 amide bonds. The number of hydrogen-bond donors (Lipinski definition) is 0. The van der Waals surface area contributed by atoms with Crippen LogP contribution < -0.4 is 4.90 Å². The standard InChI is InChI=1S/C12H17N3OS/c1-4-16-8-10(1)11-7-12(14-9-13-11)15-2-5-17-6-3-15/h7,9-10H,1-6,8H2. The fourth-order valence-electron chi connectivity index (χ4n) is 2.32. The average Bonchev–Trinajstić information content (AvgIpc) is 2.94. The molecule has 0 N–H and O–H groups in total. The maximum absolute atomic E-state index is 5.42. The summed E-state index contributed by atoms with van der Waals surface area (Å²) in [5, 5.41) is 0. The Kier molecular flexibility index (Phi) is 3.47. The molecule has 17 heavy (non-hydrogen) atoms. The zero-order valence-corrected chi connectivity index (χ0v) is 10.7. The molecule has 3 heterocycles. The number of ether oxygens (including phenoxy) is 1. The smallest absolute Gasteiger partial charge is 0.132 e. The van der Waals surface area contributed by atoms with Crippen LogP contribution in [0.3, 0.4) is 0 Å². The molecule has 2 saturated heterocycles. The van der Waals surface area contributed by atoms with Gasteiger partial charge in [0.2, 0.25) is 0 Å². The largest absolute Gasteiger partial charge is 0.381 e. The first-order valence-corrected chi connectivity index (χ1v) is 7.31. The van der Waals surface area contributed by atoms with Gasteiger partial charge in [-0.15, -0.1) is 0 Å². The van der Waals surface area contributed by atoms with Crippen LogP contribution in [0.2, 0.25) is 0 Å². The van der Waals surface area contributed by atoms with Gasteiger partial charge in [-0.3, -0.25) is 0 Å². The lowest BCUT2D eigenvalue weighted by Crippen LogP contribution is -2.33. The van der Waals surface area contributed by atoms with Crippen molar-refractivity contribution in [1.82, 2.24) is 9.97 Å². The molecule has 1 aromatic heterocycles. The van der Waals surface area contributed by atoms with E-state index >= 15 is 0 Å². The molecule has 0 saturated carbocycles. The van der Waals surface area contributed by atoms with Gasteiger partial charge in [0.05, 0.1) is 12.3 Å². The highest BCUT2D eigenvalue weighted by Crippen LogP contribution is 2.26. The lowest BCUT2D eigenvalue weighted by molar-refractivity contribution is 0.193. The van der Waals surface area contributed by atoms with Crippen LogP contribution in [0.1, 0.15) is 18.0 Å². The first-order chi connectivity index (χ1) is 8.43. The molecule has 92 valence electrons. The van der Waals surface area contributed by atoms with E-state index in [1.54, 1.807) is 6.33 Å². The van der Waals surface area contributed by atoms with Gasteiger partial charge in [0.15, 0.2) is 0 Å². The van der Waals surface area contributed by atoms with E-state index < -0.39 is 0 Å². The van der Waals surface area contributed by atoms with Crippen LogP contribution in [0.5, 0.6) is 0 Å². The van der Waals surface area contributed by atoms with Gasteiger partial charge < -0.3 is 9.64 Å². The summed E-state index contributed by atoms with van der Waals surface area (Å²) in [5.41, 5.74) is 1.14. The van der Waals surface area contributed by atoms with Crippen molar-refractivity contribution in [3.05, 3.63) is 18.1 Å². The lowest BCUT2D eigenvalue weighted by atomic mass is 10.0. The van der Waals surface area contributed by atoms with Crippen LogP contribution in [0.15, 0.2) is 12.4 Å². The van der Waals surface area contributed by atoms with Crippen LogP contribution in [0.4, 0.5) is 5.82 Å². The lowest BCUT2D eigenvalue weighted by Gasteiger charge is -2.27. The van der Waals surface area contributed by atoms with Gasteiger partial charge >= 0.3 is 0 Å². The fourth-order valence-corrected chi connectivity index (χ4v) is 3.22. The van der Waals surface area contributed by atoms with Crippen molar-refractivity contribution in [3.8, 4) is 0 Å². The van der Waals surface area contributed by atoms with Gasteiger partial charge in [-0.25, -0.2) is 9.97 Å². The molecule has 2 fully saturated rings. The van der Waals surface area contributed by atoms with Crippen molar-refractivity contribution in [2.45, 2.75) is 12.3 Å². The summed E-state index contributed by atoms with van der Waals surface area (Å²) in [4.78, 5) is 11.2. The molecule has 2 aliphatic heterocycles. The fraction of sp³-hybridized carbons (Fsp3) is 0.667. The number of rotatable bonds is 2. The number of hydrogen-bond acceptors (Lipinski definition) is 5. The van der Waals surface area contributed by atoms with Crippen molar-refractivity contribution in [2.24, 2.45) is 0 Å². The first-order valence-electron chi connectivity index (χ1n) is 6.16. The maximum atomic E-state index is 5.42. The number of nitrogens with zero attached hydrogens (tertiary/aromatic N) is 3. The molecule has 4 nitrogen and oxygen atoms in total. The molecule has 0 bridgehead atoms. The van der Waals surface area contributed by atoms with E-state index in [0.717, 1.165) is 44.2 Å². The Bertz CT molecular complexity index is 376. The third kappa shape index (κ3) is 2.55. The van der Waals surface area contributed by atoms with E-state index in [0.29, 0.717) is 5.92 Å². The first kappa shape index (κ1) is 11.3. The topological polar surface area (TPSA) is 38.2 Å². The molecular weight excluding hydrogens is 234 g/mol. The Morgan fingerprint density at radius 3 is 2.94 bits per heavy atom. The second kappa shape index (κ2) is 5.23. The summed E-state index contributed by atoms with van der Waals surface area (Å²) in [6.45, 7) is 3.88. The Morgan fingerprint density at radius 2 is 2.18 bits per heavy atom. The number of aromatic nitrogens is 2. The highest BCUT2D eigenvalue weighted by atomic mass is 32.2. The molecule has 1 unspecified atom stereocenters. The van der Waals surface area contributed by atoms with Crippen molar-refractivity contribution in [3.63, 3.8) is 0 Å². The van der Waals surface area contributed by atoms with Gasteiger partial charge in [-0.1, -0.05) is 0 Å². The van der Waals surface area contributed by atoms with E-state index in [2.05, 4.69) is 20.9 Å². The highest BCUT2D eigenvalue weighted by molar-refractivity contribution is 7.99. The molecule has 3 rings (SSSR count). The minimum atomic E-state index is 0.468. The molecular formula is C12H17N3OS. The van der Waals surface area contributed by atoms with Gasteiger partial charge in [0.25, 0.3) is 0 Å². The second-order valence-corrected chi connectivity index (χ2v) is 5.69. The van der Waals surface area contributed by atoms with Gasteiger partial charge in [0, 0.05) is 43.2 Å². The van der Waals surface area contributed by atoms with Crippen molar-refractivity contribution >= 4 is 17.6 Å². The van der Waals surface area contributed by atoms with Gasteiger partial charge in [-0.05, 0) is 6.42 Å². The van der Waals surface area contributed by atoms with E-state index in [1.807, 2.05) is 11.8 Å². The summed E-state index contributed by atoms with van der Waals surface area (Å²) in [7, 11) is 0. The number of thioether (sulfide) groups is 1. The molecule has 0 aromatic carbocycles. The molecule has 0 radical (unpaired) electrons. The summed E-state index contributed by atoms with van der Waals surface area (Å²) in [6, 6.07) is 2.15. The van der Waals surface area contributed by atoms with Crippen LogP contribution in [0.25, 0.3) is 0 Å². The summed E-state index contributed by atoms with van der Waals surface area (Å²) < 4.78 is 5.42. The third-order valence-corrected chi connectivity index (χ3v) is 4.30. The Balaban J connectivity index is 1.77. The molecule has 1 aromatic rings. The molecule has 5 heteroatoms. The predicted octanol–water partition coefficient (Wildman–Crippen LogP) is 1.53. The van der Waals surface area contributed by atoms with Crippen molar-refractivity contribution in [1.29, 1.82) is 0 Å². The van der Waals surface area contributed by atoms with Gasteiger partial charge in [0.1, 0.15) is 12.1 Å². The van der Waals surface area contributed by atoms with Crippen molar-refractivity contribution in [2.75, 3.05) is 42.7 Å². The molecule has 0 spiro atoms. The maximum Gasteiger partial charge on any atom is 0.132 e. The van der Waals surface area contributed by atoms with E-state index in [9.17, 15) is 0 Å². The quantitative estimate of drug-likeness (QED) is 0.797. The molecule has 2 aliphatic rings. The zero-order valence-electron chi connectivity index (χ0n) is 9.84. The summed E-state index contributed by atoms with van der Waals surface area (Å²) in [5.74, 6) is 3.95. The van der Waals surface area contributed by atoms with Crippen LogP contribution in [0, 0.1) is 0 Å². The van der Waals surface area contributed by atoms with Crippen LogP contribution >= 0.6 is 11.8 Å². The zero-order chi connectivity index (χ0) is 11.5. The highest BCUT2D eigenvalue weighted by Gasteiger charge is 2.21. The normalized spacial score (nSPS) is 25.2. The van der Waals surface area contributed by atoms with Crippen molar-refractivity contribution < 1.29 is 4.74 Å². The predicted molar refractivity (Wildman–Crippen MR) is 69.7 cm³/mol. The minimum Gasteiger partial charge on any atom is -0.381 e. The number of anilines is 1. The SMILES string of the molecule is c1nc(C2CCOC2)cc(N2CCSCC2)n1. The summed E-state index contributed by atoms with van der Waals surface area (Å²) >= 11 is 2.02. The van der Waals surface area contributed by atoms with E-state index in [4.69, 9.17) is 4.74 Å².